The number of fused-ring (bicyclic) bond motifs is 1. The van der Waals surface area contributed by atoms with Gasteiger partial charge < -0.3 is 9.88 Å². The number of benzene rings is 3. The van der Waals surface area contributed by atoms with Gasteiger partial charge in [-0.1, -0.05) is 84.5 Å². The fourth-order valence-corrected chi connectivity index (χ4v) is 4.90. The van der Waals surface area contributed by atoms with Crippen LogP contribution in [0.15, 0.2) is 84.9 Å². The first kappa shape index (κ1) is 20.0. The summed E-state index contributed by atoms with van der Waals surface area (Å²) in [4.78, 5) is 9.36. The Morgan fingerprint density at radius 2 is 1.42 bits per heavy atom. The van der Waals surface area contributed by atoms with Crippen LogP contribution in [-0.4, -0.2) is 46.0 Å². The smallest absolute Gasteiger partial charge is 0.125 e. The number of nitrogens with one attached hydrogen (secondary N) is 1. The summed E-state index contributed by atoms with van der Waals surface area (Å²) in [5.74, 6) is 0. The Morgan fingerprint density at radius 3 is 2.03 bits per heavy atom. The van der Waals surface area contributed by atoms with Gasteiger partial charge >= 0.3 is 0 Å². The molecule has 156 valence electrons. The molecule has 31 heavy (non-hydrogen) atoms. The summed E-state index contributed by atoms with van der Waals surface area (Å²) < 4.78 is 0. The van der Waals surface area contributed by atoms with Gasteiger partial charge in [0, 0.05) is 37.1 Å². The standard InChI is InChI=1S/C27H27N3S/c1-20-12-13-24-23(18-20)19-25(28-24)27(31)30-16-14-29(15-17-30)26(21-8-4-2-5-9-21)22-10-6-3-7-11-22/h2-13,18-19,26,28H,14-17H2,1H3. The van der Waals surface area contributed by atoms with Crippen LogP contribution in [0.3, 0.4) is 0 Å². The second-order valence-corrected chi connectivity index (χ2v) is 8.71. The quantitative estimate of drug-likeness (QED) is 0.433. The lowest BCUT2D eigenvalue weighted by atomic mass is 9.96. The van der Waals surface area contributed by atoms with Gasteiger partial charge in [-0.25, -0.2) is 0 Å². The molecule has 0 aliphatic carbocycles. The number of aromatic amines is 1. The topological polar surface area (TPSA) is 22.3 Å². The normalized spacial score (nSPS) is 15.0. The zero-order chi connectivity index (χ0) is 21.2. The average Bonchev–Trinajstić information content (AvgIpc) is 3.24. The van der Waals surface area contributed by atoms with Gasteiger partial charge in [0.1, 0.15) is 4.99 Å². The van der Waals surface area contributed by atoms with Gasteiger partial charge in [0.2, 0.25) is 0 Å². The summed E-state index contributed by atoms with van der Waals surface area (Å²) in [6.45, 7) is 5.95. The van der Waals surface area contributed by atoms with E-state index >= 15 is 0 Å². The Morgan fingerprint density at radius 1 is 0.806 bits per heavy atom. The summed E-state index contributed by atoms with van der Waals surface area (Å²) in [5.41, 5.74) is 6.15. The predicted molar refractivity (Wildman–Crippen MR) is 133 cm³/mol. The van der Waals surface area contributed by atoms with E-state index in [4.69, 9.17) is 12.2 Å². The highest BCUT2D eigenvalue weighted by Gasteiger charge is 2.27. The molecule has 0 bridgehead atoms. The number of aryl methyl sites for hydroxylation is 1. The Hall–Kier alpha value is -2.95. The number of thiocarbonyl (C=S) groups is 1. The van der Waals surface area contributed by atoms with Crippen molar-refractivity contribution in [2.45, 2.75) is 13.0 Å². The lowest BCUT2D eigenvalue weighted by molar-refractivity contribution is 0.152. The molecule has 2 heterocycles. The molecule has 0 saturated carbocycles. The molecule has 1 saturated heterocycles. The van der Waals surface area contributed by atoms with Crippen molar-refractivity contribution in [2.75, 3.05) is 26.2 Å². The number of aromatic nitrogens is 1. The number of rotatable bonds is 4. The van der Waals surface area contributed by atoms with Gasteiger partial charge in [-0.2, -0.15) is 0 Å². The van der Waals surface area contributed by atoms with Crippen molar-refractivity contribution in [3.63, 3.8) is 0 Å². The van der Waals surface area contributed by atoms with Crippen LogP contribution in [0.25, 0.3) is 10.9 Å². The summed E-state index contributed by atoms with van der Waals surface area (Å²) in [6, 6.07) is 30.6. The molecule has 3 nitrogen and oxygen atoms in total. The molecule has 0 spiro atoms. The maximum Gasteiger partial charge on any atom is 0.125 e. The van der Waals surface area contributed by atoms with Crippen LogP contribution in [0, 0.1) is 6.92 Å². The highest BCUT2D eigenvalue weighted by Crippen LogP contribution is 2.30. The third-order valence-electron chi connectivity index (χ3n) is 6.20. The third kappa shape index (κ3) is 4.14. The molecule has 4 heteroatoms. The molecule has 1 aliphatic rings. The molecule has 0 radical (unpaired) electrons. The van der Waals surface area contributed by atoms with Crippen LogP contribution in [0.4, 0.5) is 0 Å². The second kappa shape index (κ2) is 8.66. The van der Waals surface area contributed by atoms with Gasteiger partial charge in [-0.15, -0.1) is 0 Å². The van der Waals surface area contributed by atoms with Crippen LogP contribution in [0.1, 0.15) is 28.4 Å². The van der Waals surface area contributed by atoms with Gasteiger partial charge in [-0.3, -0.25) is 4.90 Å². The molecule has 1 fully saturated rings. The number of H-pyrrole nitrogens is 1. The minimum absolute atomic E-state index is 0.272. The van der Waals surface area contributed by atoms with E-state index in [0.29, 0.717) is 0 Å². The molecule has 1 aliphatic heterocycles. The van der Waals surface area contributed by atoms with Crippen molar-refractivity contribution in [2.24, 2.45) is 0 Å². The zero-order valence-corrected chi connectivity index (χ0v) is 18.6. The highest BCUT2D eigenvalue weighted by atomic mass is 32.1. The summed E-state index contributed by atoms with van der Waals surface area (Å²) in [7, 11) is 0. The van der Waals surface area contributed by atoms with Crippen LogP contribution in [0.2, 0.25) is 0 Å². The summed E-state index contributed by atoms with van der Waals surface area (Å²) in [6.07, 6.45) is 0. The monoisotopic (exact) mass is 425 g/mol. The SMILES string of the molecule is Cc1ccc2[nH]c(C(=S)N3CCN(C(c4ccccc4)c4ccccc4)CC3)cc2c1. The molecule has 0 unspecified atom stereocenters. The molecule has 4 aromatic rings. The molecular formula is C27H27N3S. The highest BCUT2D eigenvalue weighted by molar-refractivity contribution is 7.80. The fraction of sp³-hybridized carbons (Fsp3) is 0.222. The fourth-order valence-electron chi connectivity index (χ4n) is 4.61. The van der Waals surface area contributed by atoms with E-state index in [9.17, 15) is 0 Å². The van der Waals surface area contributed by atoms with Gasteiger partial charge in [0.15, 0.2) is 0 Å². The van der Waals surface area contributed by atoms with Gasteiger partial charge in [0.25, 0.3) is 0 Å². The molecular weight excluding hydrogens is 398 g/mol. The minimum Gasteiger partial charge on any atom is -0.359 e. The first-order valence-corrected chi connectivity index (χ1v) is 11.3. The maximum atomic E-state index is 5.88. The van der Waals surface area contributed by atoms with E-state index < -0.39 is 0 Å². The van der Waals surface area contributed by atoms with Gasteiger partial charge in [-0.05, 0) is 36.2 Å². The van der Waals surface area contributed by atoms with Crippen molar-refractivity contribution >= 4 is 28.1 Å². The van der Waals surface area contributed by atoms with E-state index in [-0.39, 0.29) is 6.04 Å². The van der Waals surface area contributed by atoms with Crippen LogP contribution < -0.4 is 0 Å². The van der Waals surface area contributed by atoms with Gasteiger partial charge in [0.05, 0.1) is 11.7 Å². The van der Waals surface area contributed by atoms with Crippen molar-refractivity contribution in [3.05, 3.63) is 107 Å². The molecule has 1 aromatic heterocycles. The van der Waals surface area contributed by atoms with E-state index in [2.05, 4.69) is 107 Å². The van der Waals surface area contributed by atoms with E-state index in [1.165, 1.54) is 22.1 Å². The van der Waals surface area contributed by atoms with E-state index in [1.807, 2.05) is 0 Å². The van der Waals surface area contributed by atoms with Crippen LogP contribution >= 0.6 is 12.2 Å². The van der Waals surface area contributed by atoms with Crippen LogP contribution in [-0.2, 0) is 0 Å². The molecule has 0 amide bonds. The number of hydrogen-bond donors (Lipinski definition) is 1. The second-order valence-electron chi connectivity index (χ2n) is 8.33. The Labute approximate surface area is 189 Å². The van der Waals surface area contributed by atoms with Crippen molar-refractivity contribution in [3.8, 4) is 0 Å². The minimum atomic E-state index is 0.272. The van der Waals surface area contributed by atoms with E-state index in [1.54, 1.807) is 0 Å². The molecule has 5 rings (SSSR count). The number of hydrogen-bond acceptors (Lipinski definition) is 2. The Bertz CT molecular complexity index is 1140. The Balaban J connectivity index is 1.34. The summed E-state index contributed by atoms with van der Waals surface area (Å²) >= 11 is 5.88. The Kier molecular flexibility index (Phi) is 5.58. The first-order valence-electron chi connectivity index (χ1n) is 10.9. The first-order chi connectivity index (χ1) is 15.2. The molecule has 1 N–H and O–H groups in total. The molecule has 0 atom stereocenters. The largest absolute Gasteiger partial charge is 0.359 e. The van der Waals surface area contributed by atoms with Crippen molar-refractivity contribution in [1.29, 1.82) is 0 Å². The lowest BCUT2D eigenvalue weighted by Gasteiger charge is -2.40. The predicted octanol–water partition coefficient (Wildman–Crippen LogP) is 5.56. The lowest BCUT2D eigenvalue weighted by Crippen LogP contribution is -2.49. The summed E-state index contributed by atoms with van der Waals surface area (Å²) in [5, 5.41) is 1.23. The van der Waals surface area contributed by atoms with Crippen molar-refractivity contribution in [1.82, 2.24) is 14.8 Å². The number of nitrogens with zero attached hydrogens (tertiary/aromatic N) is 2. The van der Waals surface area contributed by atoms with Crippen LogP contribution in [0.5, 0.6) is 0 Å². The van der Waals surface area contributed by atoms with E-state index in [0.717, 1.165) is 42.4 Å². The third-order valence-corrected chi connectivity index (χ3v) is 6.68. The van der Waals surface area contributed by atoms with Crippen molar-refractivity contribution < 1.29 is 0 Å². The number of piperazine rings is 1. The average molecular weight is 426 g/mol. The zero-order valence-electron chi connectivity index (χ0n) is 17.8. The maximum absolute atomic E-state index is 5.88. The molecule has 3 aromatic carbocycles.